The summed E-state index contributed by atoms with van der Waals surface area (Å²) in [5.41, 5.74) is -1.85. The minimum absolute atomic E-state index is 0.0617. The van der Waals surface area contributed by atoms with Crippen LogP contribution in [0.25, 0.3) is 5.69 Å². The monoisotopic (exact) mass is 405 g/mol. The predicted octanol–water partition coefficient (Wildman–Crippen LogP) is 4.25. The van der Waals surface area contributed by atoms with Gasteiger partial charge in [-0.25, -0.2) is 13.5 Å². The van der Waals surface area contributed by atoms with Crippen LogP contribution in [-0.4, -0.2) is 25.2 Å². The van der Waals surface area contributed by atoms with Gasteiger partial charge in [0.2, 0.25) is 5.88 Å². The lowest BCUT2D eigenvalue weighted by Gasteiger charge is -2.11. The van der Waals surface area contributed by atoms with E-state index in [9.17, 15) is 22.0 Å². The van der Waals surface area contributed by atoms with Crippen LogP contribution in [0.3, 0.4) is 0 Å². The summed E-state index contributed by atoms with van der Waals surface area (Å²) in [4.78, 5) is 0. The summed E-state index contributed by atoms with van der Waals surface area (Å²) >= 11 is 5.58. The Labute approximate surface area is 153 Å². The van der Waals surface area contributed by atoms with Gasteiger partial charge in [0.25, 0.3) is 6.43 Å². The molecule has 0 atom stereocenters. The van der Waals surface area contributed by atoms with Crippen molar-refractivity contribution >= 4 is 11.6 Å². The summed E-state index contributed by atoms with van der Waals surface area (Å²) in [6, 6.07) is 7.28. The van der Waals surface area contributed by atoms with Crippen LogP contribution in [0.4, 0.5) is 22.0 Å². The molecule has 27 heavy (non-hydrogen) atoms. The van der Waals surface area contributed by atoms with Crippen molar-refractivity contribution in [2.45, 2.75) is 19.2 Å². The zero-order chi connectivity index (χ0) is 19.6. The molecule has 3 aromatic rings. The number of alkyl halides is 5. The van der Waals surface area contributed by atoms with Crippen molar-refractivity contribution in [3.63, 3.8) is 0 Å². The van der Waals surface area contributed by atoms with Crippen molar-refractivity contribution in [2.24, 2.45) is 0 Å². The van der Waals surface area contributed by atoms with E-state index in [-0.39, 0.29) is 22.3 Å². The molecule has 2 heterocycles. The molecule has 0 unspecified atom stereocenters. The maximum Gasteiger partial charge on any atom is 0.437 e. The molecule has 0 saturated heterocycles. The van der Waals surface area contributed by atoms with Crippen molar-refractivity contribution in [3.8, 4) is 11.6 Å². The topological polar surface area (TPSA) is 65.7 Å². The second kappa shape index (κ2) is 7.43. The van der Waals surface area contributed by atoms with Gasteiger partial charge in [0.05, 0.1) is 5.69 Å². The summed E-state index contributed by atoms with van der Waals surface area (Å²) in [5.74, 6) is -0.0617. The third-order valence-electron chi connectivity index (χ3n) is 3.39. The lowest BCUT2D eigenvalue weighted by atomic mass is 10.2. The number of ether oxygens (including phenoxy) is 1. The summed E-state index contributed by atoms with van der Waals surface area (Å²) in [6.45, 7) is -0.589. The SMILES string of the molecule is FC(F)c1ccc(-n2nnc(C(F)(F)F)c2COc2ccc(Cl)nn2)cc1. The second-order valence-corrected chi connectivity index (χ2v) is 5.56. The molecule has 0 spiro atoms. The largest absolute Gasteiger partial charge is 0.470 e. The lowest BCUT2D eigenvalue weighted by molar-refractivity contribution is -0.142. The lowest BCUT2D eigenvalue weighted by Crippen LogP contribution is -2.14. The number of nitrogens with zero attached hydrogens (tertiary/aromatic N) is 5. The maximum absolute atomic E-state index is 13.2. The van der Waals surface area contributed by atoms with E-state index >= 15 is 0 Å². The van der Waals surface area contributed by atoms with Crippen molar-refractivity contribution in [1.29, 1.82) is 0 Å². The van der Waals surface area contributed by atoms with Gasteiger partial charge in [-0.1, -0.05) is 28.9 Å². The summed E-state index contributed by atoms with van der Waals surface area (Å²) in [6.07, 6.45) is -7.49. The van der Waals surface area contributed by atoms with E-state index < -0.39 is 30.6 Å². The van der Waals surface area contributed by atoms with Gasteiger partial charge >= 0.3 is 6.18 Å². The van der Waals surface area contributed by atoms with Gasteiger partial charge in [0, 0.05) is 11.6 Å². The van der Waals surface area contributed by atoms with E-state index in [0.29, 0.717) is 0 Å². The average molecular weight is 406 g/mol. The van der Waals surface area contributed by atoms with Gasteiger partial charge < -0.3 is 4.74 Å². The number of aromatic nitrogens is 5. The van der Waals surface area contributed by atoms with E-state index in [1.165, 1.54) is 24.3 Å². The molecule has 12 heteroatoms. The summed E-state index contributed by atoms with van der Waals surface area (Å²) < 4.78 is 71.0. The van der Waals surface area contributed by atoms with E-state index in [4.69, 9.17) is 16.3 Å². The van der Waals surface area contributed by atoms with Crippen LogP contribution in [0.15, 0.2) is 36.4 Å². The molecule has 0 aliphatic heterocycles. The first-order chi connectivity index (χ1) is 12.8. The standard InChI is InChI=1S/C15H9ClF5N5O/c16-11-5-6-12(23-22-11)27-7-10-13(15(19,20)21)24-25-26(10)9-3-1-8(2-4-9)14(17)18/h1-6,14H,7H2. The molecule has 0 bridgehead atoms. The molecule has 0 N–H and O–H groups in total. The van der Waals surface area contributed by atoms with Crippen LogP contribution < -0.4 is 4.74 Å². The molecule has 0 aliphatic rings. The molecule has 0 fully saturated rings. The van der Waals surface area contributed by atoms with Gasteiger partial charge in [-0.3, -0.25) is 0 Å². The maximum atomic E-state index is 13.2. The molecule has 0 radical (unpaired) electrons. The van der Waals surface area contributed by atoms with Crippen LogP contribution in [0, 0.1) is 0 Å². The van der Waals surface area contributed by atoms with Gasteiger partial charge in [-0.2, -0.15) is 13.2 Å². The molecule has 6 nitrogen and oxygen atoms in total. The van der Waals surface area contributed by atoms with E-state index in [1.54, 1.807) is 0 Å². The zero-order valence-corrected chi connectivity index (χ0v) is 13.9. The highest BCUT2D eigenvalue weighted by atomic mass is 35.5. The Hall–Kier alpha value is -2.82. The molecular formula is C15H9ClF5N5O. The quantitative estimate of drug-likeness (QED) is 0.594. The average Bonchev–Trinajstić information content (AvgIpc) is 3.05. The van der Waals surface area contributed by atoms with Crippen LogP contribution >= 0.6 is 11.6 Å². The molecular weight excluding hydrogens is 397 g/mol. The Morgan fingerprint density at radius 2 is 1.70 bits per heavy atom. The summed E-state index contributed by atoms with van der Waals surface area (Å²) in [5, 5.41) is 13.8. The van der Waals surface area contributed by atoms with Crippen LogP contribution in [-0.2, 0) is 12.8 Å². The molecule has 3 rings (SSSR count). The smallest absolute Gasteiger partial charge is 0.437 e. The molecule has 2 aromatic heterocycles. The van der Waals surface area contributed by atoms with Crippen molar-refractivity contribution in [2.75, 3.05) is 0 Å². The van der Waals surface area contributed by atoms with Gasteiger partial charge in [-0.15, -0.1) is 15.3 Å². The van der Waals surface area contributed by atoms with Crippen molar-refractivity contribution < 1.29 is 26.7 Å². The first kappa shape index (κ1) is 19.0. The van der Waals surface area contributed by atoms with Crippen molar-refractivity contribution in [1.82, 2.24) is 25.2 Å². The first-order valence-electron chi connectivity index (χ1n) is 7.28. The minimum Gasteiger partial charge on any atom is -0.470 e. The second-order valence-electron chi connectivity index (χ2n) is 5.17. The highest BCUT2D eigenvalue weighted by Crippen LogP contribution is 2.32. The molecule has 0 aliphatic carbocycles. The van der Waals surface area contributed by atoms with Crippen molar-refractivity contribution in [3.05, 3.63) is 58.5 Å². The predicted molar refractivity (Wildman–Crippen MR) is 82.7 cm³/mol. The van der Waals surface area contributed by atoms with Crippen LogP contribution in [0.1, 0.15) is 23.4 Å². The minimum atomic E-state index is -4.79. The number of hydrogen-bond donors (Lipinski definition) is 0. The Kier molecular flexibility index (Phi) is 5.22. The number of hydrogen-bond acceptors (Lipinski definition) is 5. The van der Waals surface area contributed by atoms with E-state index in [1.807, 2.05) is 0 Å². The number of benzene rings is 1. The third-order valence-corrected chi connectivity index (χ3v) is 3.59. The molecule has 0 amide bonds. The van der Waals surface area contributed by atoms with E-state index in [0.717, 1.165) is 16.8 Å². The van der Waals surface area contributed by atoms with E-state index in [2.05, 4.69) is 20.5 Å². The van der Waals surface area contributed by atoms with Gasteiger partial charge in [0.1, 0.15) is 12.3 Å². The highest BCUT2D eigenvalue weighted by molar-refractivity contribution is 6.29. The number of rotatable bonds is 5. The fourth-order valence-corrected chi connectivity index (χ4v) is 2.24. The Morgan fingerprint density at radius 3 is 2.26 bits per heavy atom. The number of halogens is 6. The van der Waals surface area contributed by atoms with Gasteiger partial charge in [-0.05, 0) is 18.2 Å². The Balaban J connectivity index is 1.94. The zero-order valence-electron chi connectivity index (χ0n) is 13.2. The third kappa shape index (κ3) is 4.30. The molecule has 1 aromatic carbocycles. The Bertz CT molecular complexity index is 912. The Morgan fingerprint density at radius 1 is 1.00 bits per heavy atom. The van der Waals surface area contributed by atoms with Crippen LogP contribution in [0.2, 0.25) is 5.15 Å². The highest BCUT2D eigenvalue weighted by Gasteiger charge is 2.39. The fourth-order valence-electron chi connectivity index (χ4n) is 2.14. The summed E-state index contributed by atoms with van der Waals surface area (Å²) in [7, 11) is 0. The fraction of sp³-hybridized carbons (Fsp3) is 0.200. The molecule has 0 saturated carbocycles. The van der Waals surface area contributed by atoms with Crippen LogP contribution in [0.5, 0.6) is 5.88 Å². The normalized spacial score (nSPS) is 11.8. The molecule has 142 valence electrons. The first-order valence-corrected chi connectivity index (χ1v) is 7.66. The van der Waals surface area contributed by atoms with Gasteiger partial charge in [0.15, 0.2) is 10.8 Å².